The summed E-state index contributed by atoms with van der Waals surface area (Å²) in [5.41, 5.74) is 8.10. The van der Waals surface area contributed by atoms with Crippen LogP contribution in [0.15, 0.2) is 24.3 Å². The molecule has 0 saturated carbocycles. The third kappa shape index (κ3) is 3.13. The minimum atomic E-state index is -0.268. The van der Waals surface area contributed by atoms with Crippen LogP contribution in [-0.2, 0) is 12.0 Å². The normalized spacial score (nSPS) is 11.7. The predicted octanol–water partition coefficient (Wildman–Crippen LogP) is 1.81. The molecule has 2 heteroatoms. The van der Waals surface area contributed by atoms with E-state index < -0.39 is 0 Å². The van der Waals surface area contributed by atoms with Gasteiger partial charge in [0.2, 0.25) is 0 Å². The number of aliphatic hydroxyl groups is 1. The van der Waals surface area contributed by atoms with Gasteiger partial charge in [-0.15, -0.1) is 0 Å². The molecule has 0 saturated heterocycles. The average Bonchev–Trinajstić information content (AvgIpc) is 2.14. The van der Waals surface area contributed by atoms with E-state index in [0.29, 0.717) is 0 Å². The van der Waals surface area contributed by atoms with E-state index in [9.17, 15) is 0 Å². The zero-order chi connectivity index (χ0) is 10.6. The third-order valence-corrected chi connectivity index (χ3v) is 2.32. The van der Waals surface area contributed by atoms with E-state index in [4.69, 9.17) is 10.8 Å². The molecule has 0 aromatic heterocycles. The van der Waals surface area contributed by atoms with Crippen LogP contribution in [0.3, 0.4) is 0 Å². The molecule has 3 N–H and O–H groups in total. The number of hydrogen-bond donors (Lipinski definition) is 2. The minimum absolute atomic E-state index is 0.254. The summed E-state index contributed by atoms with van der Waals surface area (Å²) in [5, 5.41) is 8.69. The Morgan fingerprint density at radius 1 is 1.21 bits per heavy atom. The van der Waals surface area contributed by atoms with E-state index in [0.717, 1.165) is 18.4 Å². The Hall–Kier alpha value is -0.860. The fraction of sp³-hybridized carbons (Fsp3) is 0.500. The van der Waals surface area contributed by atoms with Crippen LogP contribution in [0.2, 0.25) is 0 Å². The first-order valence-corrected chi connectivity index (χ1v) is 5.03. The van der Waals surface area contributed by atoms with Crippen LogP contribution < -0.4 is 5.73 Å². The maximum absolute atomic E-state index is 8.69. The van der Waals surface area contributed by atoms with Crippen molar-refractivity contribution in [2.24, 2.45) is 5.73 Å². The molecule has 78 valence electrons. The maximum Gasteiger partial charge on any atom is 0.0434 e. The average molecular weight is 193 g/mol. The van der Waals surface area contributed by atoms with Gasteiger partial charge < -0.3 is 10.8 Å². The minimum Gasteiger partial charge on any atom is -0.396 e. The summed E-state index contributed by atoms with van der Waals surface area (Å²) in [7, 11) is 0. The number of aryl methyl sites for hydroxylation is 1. The fourth-order valence-electron chi connectivity index (χ4n) is 1.38. The number of nitrogens with two attached hydrogens (primary N) is 1. The second kappa shape index (κ2) is 4.58. The molecule has 0 atom stereocenters. The second-order valence-corrected chi connectivity index (χ2v) is 4.25. The lowest BCUT2D eigenvalue weighted by molar-refractivity contribution is 0.288. The Kier molecular flexibility index (Phi) is 3.67. The van der Waals surface area contributed by atoms with E-state index in [-0.39, 0.29) is 12.1 Å². The molecule has 0 amide bonds. The molecule has 0 heterocycles. The molecule has 0 fully saturated rings. The number of aliphatic hydroxyl groups excluding tert-OH is 1. The van der Waals surface area contributed by atoms with Crippen LogP contribution in [-0.4, -0.2) is 11.7 Å². The Bertz CT molecular complexity index is 271. The van der Waals surface area contributed by atoms with Gasteiger partial charge in [0.15, 0.2) is 0 Å². The highest BCUT2D eigenvalue weighted by Gasteiger charge is 2.12. The Labute approximate surface area is 85.8 Å². The van der Waals surface area contributed by atoms with Gasteiger partial charge in [-0.2, -0.15) is 0 Å². The molecule has 0 aliphatic heterocycles. The maximum atomic E-state index is 8.69. The van der Waals surface area contributed by atoms with E-state index >= 15 is 0 Å². The second-order valence-electron chi connectivity index (χ2n) is 4.25. The van der Waals surface area contributed by atoms with Crippen molar-refractivity contribution in [3.05, 3.63) is 35.4 Å². The van der Waals surface area contributed by atoms with Crippen molar-refractivity contribution in [3.63, 3.8) is 0 Å². The smallest absolute Gasteiger partial charge is 0.0434 e. The summed E-state index contributed by atoms with van der Waals surface area (Å²) in [5.74, 6) is 0. The van der Waals surface area contributed by atoms with Crippen molar-refractivity contribution in [2.45, 2.75) is 32.2 Å². The van der Waals surface area contributed by atoms with Gasteiger partial charge in [-0.05, 0) is 37.8 Å². The van der Waals surface area contributed by atoms with Crippen molar-refractivity contribution in [1.82, 2.24) is 0 Å². The topological polar surface area (TPSA) is 46.2 Å². The number of hydrogen-bond acceptors (Lipinski definition) is 2. The van der Waals surface area contributed by atoms with Gasteiger partial charge in [0.1, 0.15) is 0 Å². The van der Waals surface area contributed by atoms with Gasteiger partial charge >= 0.3 is 0 Å². The molecule has 2 nitrogen and oxygen atoms in total. The first kappa shape index (κ1) is 11.2. The van der Waals surface area contributed by atoms with Crippen molar-refractivity contribution in [2.75, 3.05) is 6.61 Å². The summed E-state index contributed by atoms with van der Waals surface area (Å²) in [4.78, 5) is 0. The lowest BCUT2D eigenvalue weighted by atomic mass is 9.94. The van der Waals surface area contributed by atoms with Crippen LogP contribution in [0, 0.1) is 0 Å². The fourth-order valence-corrected chi connectivity index (χ4v) is 1.38. The van der Waals surface area contributed by atoms with Crippen LogP contribution in [0.4, 0.5) is 0 Å². The van der Waals surface area contributed by atoms with Crippen molar-refractivity contribution < 1.29 is 5.11 Å². The molecule has 14 heavy (non-hydrogen) atoms. The zero-order valence-corrected chi connectivity index (χ0v) is 8.96. The summed E-state index contributed by atoms with van der Waals surface area (Å²) < 4.78 is 0. The Balaban J connectivity index is 2.69. The van der Waals surface area contributed by atoms with Crippen molar-refractivity contribution in [1.29, 1.82) is 0 Å². The van der Waals surface area contributed by atoms with E-state index in [1.54, 1.807) is 0 Å². The van der Waals surface area contributed by atoms with Crippen molar-refractivity contribution >= 4 is 0 Å². The molecule has 0 aliphatic rings. The van der Waals surface area contributed by atoms with Crippen LogP contribution in [0.25, 0.3) is 0 Å². The molecule has 0 radical (unpaired) electrons. The van der Waals surface area contributed by atoms with Crippen LogP contribution >= 0.6 is 0 Å². The van der Waals surface area contributed by atoms with E-state index in [2.05, 4.69) is 24.3 Å². The molecule has 1 aromatic carbocycles. The predicted molar refractivity (Wildman–Crippen MR) is 59.1 cm³/mol. The van der Waals surface area contributed by atoms with Gasteiger partial charge in [0, 0.05) is 12.1 Å². The molecule has 0 spiro atoms. The van der Waals surface area contributed by atoms with E-state index in [1.165, 1.54) is 5.56 Å². The number of rotatable bonds is 4. The summed E-state index contributed by atoms with van der Waals surface area (Å²) in [6.45, 7) is 4.25. The lowest BCUT2D eigenvalue weighted by Crippen LogP contribution is -2.28. The molecule has 0 unspecified atom stereocenters. The van der Waals surface area contributed by atoms with Crippen molar-refractivity contribution in [3.8, 4) is 0 Å². The third-order valence-electron chi connectivity index (χ3n) is 2.32. The highest BCUT2D eigenvalue weighted by atomic mass is 16.2. The van der Waals surface area contributed by atoms with Gasteiger partial charge in [-0.25, -0.2) is 0 Å². The van der Waals surface area contributed by atoms with Gasteiger partial charge in [0.05, 0.1) is 0 Å². The summed E-state index contributed by atoms with van der Waals surface area (Å²) in [6, 6.07) is 8.29. The molecular formula is C12H19NO. The molecule has 0 bridgehead atoms. The Morgan fingerprint density at radius 2 is 1.79 bits per heavy atom. The van der Waals surface area contributed by atoms with Crippen LogP contribution in [0.1, 0.15) is 31.4 Å². The van der Waals surface area contributed by atoms with Crippen LogP contribution in [0.5, 0.6) is 0 Å². The molecule has 1 aromatic rings. The van der Waals surface area contributed by atoms with E-state index in [1.807, 2.05) is 13.8 Å². The SMILES string of the molecule is CC(C)(N)c1ccc(CCCO)cc1. The lowest BCUT2D eigenvalue weighted by Gasteiger charge is -2.19. The highest BCUT2D eigenvalue weighted by Crippen LogP contribution is 2.17. The quantitative estimate of drug-likeness (QED) is 0.766. The monoisotopic (exact) mass is 193 g/mol. The van der Waals surface area contributed by atoms with Gasteiger partial charge in [0.25, 0.3) is 0 Å². The molecule has 1 rings (SSSR count). The number of benzene rings is 1. The first-order chi connectivity index (χ1) is 6.54. The van der Waals surface area contributed by atoms with Gasteiger partial charge in [-0.1, -0.05) is 24.3 Å². The highest BCUT2D eigenvalue weighted by molar-refractivity contribution is 5.27. The van der Waals surface area contributed by atoms with Gasteiger partial charge in [-0.3, -0.25) is 0 Å². The molecule has 0 aliphatic carbocycles. The first-order valence-electron chi connectivity index (χ1n) is 5.03. The summed E-state index contributed by atoms with van der Waals surface area (Å²) in [6.07, 6.45) is 1.76. The zero-order valence-electron chi connectivity index (χ0n) is 8.96. The Morgan fingerprint density at radius 3 is 2.21 bits per heavy atom. The molecular weight excluding hydrogens is 174 g/mol. The standard InChI is InChI=1S/C12H19NO/c1-12(2,13)11-7-5-10(6-8-11)4-3-9-14/h5-8,14H,3-4,9,13H2,1-2H3. The largest absolute Gasteiger partial charge is 0.396 e. The summed E-state index contributed by atoms with van der Waals surface area (Å²) >= 11 is 0.